The van der Waals surface area contributed by atoms with Gasteiger partial charge in [-0.25, -0.2) is 0 Å². The highest BCUT2D eigenvalue weighted by molar-refractivity contribution is 6.69. The number of aliphatic hydroxyl groups is 1. The number of halogens is 3. The molecule has 0 amide bonds. The SMILES string of the molecule is CC(O)=C1C=CC=C1C(Cl)(Cl)Cl. The monoisotopic (exact) mass is 224 g/mol. The summed E-state index contributed by atoms with van der Waals surface area (Å²) >= 11 is 17.0. The van der Waals surface area contributed by atoms with Crippen LogP contribution in [0.3, 0.4) is 0 Å². The van der Waals surface area contributed by atoms with Crippen molar-refractivity contribution in [2.45, 2.75) is 10.7 Å². The molecule has 1 aliphatic carbocycles. The van der Waals surface area contributed by atoms with Gasteiger partial charge in [0.25, 0.3) is 0 Å². The van der Waals surface area contributed by atoms with E-state index in [1.165, 1.54) is 0 Å². The first-order chi connectivity index (χ1) is 5.43. The standard InChI is InChI=1S/C8H7Cl3O/c1-5(12)6-3-2-4-7(6)8(9,10)11/h2-4,12H,1H3. The maximum absolute atomic E-state index is 9.20. The average Bonchev–Trinajstić information content (AvgIpc) is 2.30. The molecule has 0 fully saturated rings. The molecule has 0 heterocycles. The van der Waals surface area contributed by atoms with Crippen LogP contribution in [0.5, 0.6) is 0 Å². The van der Waals surface area contributed by atoms with E-state index in [0.29, 0.717) is 11.1 Å². The summed E-state index contributed by atoms with van der Waals surface area (Å²) in [6.45, 7) is 1.55. The van der Waals surface area contributed by atoms with Crippen molar-refractivity contribution < 1.29 is 5.11 Å². The van der Waals surface area contributed by atoms with Crippen LogP contribution in [0.2, 0.25) is 0 Å². The minimum absolute atomic E-state index is 0.154. The zero-order valence-electron chi connectivity index (χ0n) is 6.31. The predicted octanol–water partition coefficient (Wildman–Crippen LogP) is 3.68. The molecule has 0 radical (unpaired) electrons. The minimum atomic E-state index is -1.47. The first-order valence-corrected chi connectivity index (χ1v) is 4.42. The summed E-state index contributed by atoms with van der Waals surface area (Å²) in [5.41, 5.74) is 1.09. The molecule has 1 rings (SSSR count). The predicted molar refractivity (Wildman–Crippen MR) is 52.8 cm³/mol. The fourth-order valence-electron chi connectivity index (χ4n) is 0.983. The molecule has 0 saturated heterocycles. The van der Waals surface area contributed by atoms with Crippen molar-refractivity contribution >= 4 is 34.8 Å². The lowest BCUT2D eigenvalue weighted by Crippen LogP contribution is -2.07. The lowest BCUT2D eigenvalue weighted by atomic mass is 10.1. The van der Waals surface area contributed by atoms with E-state index in [1.807, 2.05) is 0 Å². The van der Waals surface area contributed by atoms with Crippen LogP contribution in [0.1, 0.15) is 6.92 Å². The molecule has 0 atom stereocenters. The molecule has 1 N–H and O–H groups in total. The molecule has 0 aromatic carbocycles. The Morgan fingerprint density at radius 2 is 2.00 bits per heavy atom. The summed E-state index contributed by atoms with van der Waals surface area (Å²) in [6.07, 6.45) is 5.10. The van der Waals surface area contributed by atoms with E-state index >= 15 is 0 Å². The lowest BCUT2D eigenvalue weighted by Gasteiger charge is -2.14. The highest BCUT2D eigenvalue weighted by Crippen LogP contribution is 2.41. The fourth-order valence-corrected chi connectivity index (χ4v) is 1.48. The number of allylic oxidation sites excluding steroid dienone is 6. The van der Waals surface area contributed by atoms with Gasteiger partial charge in [-0.2, -0.15) is 0 Å². The Bertz CT molecular complexity index is 277. The van der Waals surface area contributed by atoms with E-state index in [9.17, 15) is 5.11 Å². The molecule has 0 aromatic rings. The van der Waals surface area contributed by atoms with Gasteiger partial charge in [0, 0.05) is 11.1 Å². The van der Waals surface area contributed by atoms with Crippen LogP contribution in [0.15, 0.2) is 35.1 Å². The smallest absolute Gasteiger partial charge is 0.216 e. The van der Waals surface area contributed by atoms with E-state index in [-0.39, 0.29) is 5.76 Å². The van der Waals surface area contributed by atoms with Crippen LogP contribution in [0, 0.1) is 0 Å². The van der Waals surface area contributed by atoms with Crippen LogP contribution in [0.25, 0.3) is 0 Å². The number of alkyl halides is 3. The van der Waals surface area contributed by atoms with Gasteiger partial charge in [0.05, 0.1) is 5.76 Å². The van der Waals surface area contributed by atoms with Gasteiger partial charge in [-0.1, -0.05) is 53.0 Å². The molecule has 1 aliphatic rings. The van der Waals surface area contributed by atoms with Gasteiger partial charge in [-0.15, -0.1) is 0 Å². The van der Waals surface area contributed by atoms with Crippen molar-refractivity contribution in [2.24, 2.45) is 0 Å². The van der Waals surface area contributed by atoms with Gasteiger partial charge in [-0.05, 0) is 6.92 Å². The van der Waals surface area contributed by atoms with Crippen molar-refractivity contribution in [3.8, 4) is 0 Å². The second kappa shape index (κ2) is 3.33. The topological polar surface area (TPSA) is 20.2 Å². The third kappa shape index (κ3) is 1.98. The normalized spacial score (nSPS) is 21.2. The molecule has 0 saturated carbocycles. The minimum Gasteiger partial charge on any atom is -0.512 e. The lowest BCUT2D eigenvalue weighted by molar-refractivity contribution is 0.410. The summed E-state index contributed by atoms with van der Waals surface area (Å²) < 4.78 is -1.47. The van der Waals surface area contributed by atoms with E-state index in [1.54, 1.807) is 25.2 Å². The first-order valence-electron chi connectivity index (χ1n) is 3.28. The molecule has 1 nitrogen and oxygen atoms in total. The molecule has 0 unspecified atom stereocenters. The van der Waals surface area contributed by atoms with Crippen LogP contribution >= 0.6 is 34.8 Å². The highest BCUT2D eigenvalue weighted by Gasteiger charge is 2.30. The summed E-state index contributed by atoms with van der Waals surface area (Å²) in [6, 6.07) is 0. The molecule has 4 heteroatoms. The molecule has 12 heavy (non-hydrogen) atoms. The summed E-state index contributed by atoms with van der Waals surface area (Å²) in [5, 5.41) is 9.20. The average molecular weight is 226 g/mol. The molecule has 66 valence electrons. The molecule has 0 aliphatic heterocycles. The molecular weight excluding hydrogens is 218 g/mol. The van der Waals surface area contributed by atoms with Crippen LogP contribution in [-0.4, -0.2) is 8.90 Å². The van der Waals surface area contributed by atoms with E-state index in [4.69, 9.17) is 34.8 Å². The van der Waals surface area contributed by atoms with Gasteiger partial charge in [0.1, 0.15) is 0 Å². The van der Waals surface area contributed by atoms with E-state index in [0.717, 1.165) is 0 Å². The highest BCUT2D eigenvalue weighted by atomic mass is 35.6. The van der Waals surface area contributed by atoms with Gasteiger partial charge in [0.15, 0.2) is 0 Å². The van der Waals surface area contributed by atoms with Crippen LogP contribution < -0.4 is 0 Å². The maximum Gasteiger partial charge on any atom is 0.216 e. The molecular formula is C8H7Cl3O. The van der Waals surface area contributed by atoms with Crippen molar-refractivity contribution in [3.63, 3.8) is 0 Å². The second-order valence-electron chi connectivity index (χ2n) is 2.44. The Labute approximate surface area is 85.9 Å². The first kappa shape index (κ1) is 9.97. The summed E-state index contributed by atoms with van der Waals surface area (Å²) in [5.74, 6) is 0.154. The molecule has 0 bridgehead atoms. The summed E-state index contributed by atoms with van der Waals surface area (Å²) in [4.78, 5) is 0. The Morgan fingerprint density at radius 1 is 1.42 bits per heavy atom. The zero-order chi connectivity index (χ0) is 9.35. The van der Waals surface area contributed by atoms with Crippen LogP contribution in [0.4, 0.5) is 0 Å². The Hall–Kier alpha value is -0.110. The van der Waals surface area contributed by atoms with E-state index in [2.05, 4.69) is 0 Å². The largest absolute Gasteiger partial charge is 0.512 e. The molecule has 0 aromatic heterocycles. The van der Waals surface area contributed by atoms with Gasteiger partial charge in [0.2, 0.25) is 3.79 Å². The number of aliphatic hydroxyl groups excluding tert-OH is 1. The quantitative estimate of drug-likeness (QED) is 0.492. The zero-order valence-corrected chi connectivity index (χ0v) is 8.58. The Morgan fingerprint density at radius 3 is 2.33 bits per heavy atom. The fraction of sp³-hybridized carbons (Fsp3) is 0.250. The van der Waals surface area contributed by atoms with Gasteiger partial charge >= 0.3 is 0 Å². The van der Waals surface area contributed by atoms with Crippen molar-refractivity contribution in [1.82, 2.24) is 0 Å². The van der Waals surface area contributed by atoms with E-state index < -0.39 is 3.79 Å². The van der Waals surface area contributed by atoms with Gasteiger partial charge < -0.3 is 5.11 Å². The second-order valence-corrected chi connectivity index (χ2v) is 4.72. The number of rotatable bonds is 0. The van der Waals surface area contributed by atoms with Crippen molar-refractivity contribution in [3.05, 3.63) is 35.1 Å². The maximum atomic E-state index is 9.20. The third-order valence-corrected chi connectivity index (χ3v) is 2.12. The van der Waals surface area contributed by atoms with Crippen molar-refractivity contribution in [1.29, 1.82) is 0 Å². The number of hydrogen-bond acceptors (Lipinski definition) is 1. The Kier molecular flexibility index (Phi) is 2.77. The third-order valence-electron chi connectivity index (χ3n) is 1.51. The van der Waals surface area contributed by atoms with Crippen LogP contribution in [-0.2, 0) is 0 Å². The molecule has 0 spiro atoms. The number of hydrogen-bond donors (Lipinski definition) is 1. The van der Waals surface area contributed by atoms with Crippen molar-refractivity contribution in [2.75, 3.05) is 0 Å². The van der Waals surface area contributed by atoms with Gasteiger partial charge in [-0.3, -0.25) is 0 Å². The summed E-state index contributed by atoms with van der Waals surface area (Å²) in [7, 11) is 0. The Balaban J connectivity index is 3.06.